The van der Waals surface area contributed by atoms with Gasteiger partial charge in [-0.3, -0.25) is 14.9 Å². The molecule has 0 aliphatic heterocycles. The second-order valence-electron chi connectivity index (χ2n) is 3.89. The summed E-state index contributed by atoms with van der Waals surface area (Å²) < 4.78 is 4.94. The molecule has 18 heavy (non-hydrogen) atoms. The number of anilines is 1. The van der Waals surface area contributed by atoms with Gasteiger partial charge in [-0.05, 0) is 18.6 Å². The summed E-state index contributed by atoms with van der Waals surface area (Å²) in [7, 11) is 3.39. The second kappa shape index (κ2) is 6.70. The van der Waals surface area contributed by atoms with Crippen LogP contribution in [0.25, 0.3) is 0 Å². The average molecular weight is 252 g/mol. The van der Waals surface area contributed by atoms with Gasteiger partial charge in [-0.15, -0.1) is 0 Å². The van der Waals surface area contributed by atoms with E-state index in [-0.39, 0.29) is 5.69 Å². The molecule has 0 bridgehead atoms. The fraction of sp³-hybridized carbons (Fsp3) is 0.417. The quantitative estimate of drug-likeness (QED) is 0.320. The Balaban J connectivity index is 2.92. The van der Waals surface area contributed by atoms with Crippen LogP contribution in [0, 0.1) is 10.1 Å². The number of hydrogen-bond acceptors (Lipinski definition) is 5. The summed E-state index contributed by atoms with van der Waals surface area (Å²) in [4.78, 5) is 22.9. The zero-order valence-electron chi connectivity index (χ0n) is 10.5. The first-order valence-electron chi connectivity index (χ1n) is 5.54. The van der Waals surface area contributed by atoms with Crippen molar-refractivity contribution in [2.45, 2.75) is 6.42 Å². The molecule has 0 aliphatic carbocycles. The number of carbonyl (C=O) groups is 1. The van der Waals surface area contributed by atoms with Gasteiger partial charge >= 0.3 is 0 Å². The van der Waals surface area contributed by atoms with Crippen LogP contribution in [0.2, 0.25) is 0 Å². The number of aldehydes is 1. The summed E-state index contributed by atoms with van der Waals surface area (Å²) >= 11 is 0. The highest BCUT2D eigenvalue weighted by molar-refractivity contribution is 5.79. The number of nitro benzene ring substituents is 1. The van der Waals surface area contributed by atoms with Gasteiger partial charge in [-0.25, -0.2) is 0 Å². The fourth-order valence-electron chi connectivity index (χ4n) is 1.65. The lowest BCUT2D eigenvalue weighted by Gasteiger charge is -2.18. The van der Waals surface area contributed by atoms with E-state index < -0.39 is 4.92 Å². The van der Waals surface area contributed by atoms with Crippen molar-refractivity contribution in [3.63, 3.8) is 0 Å². The van der Waals surface area contributed by atoms with E-state index in [9.17, 15) is 14.9 Å². The molecule has 1 aromatic rings. The molecule has 0 aromatic heterocycles. The highest BCUT2D eigenvalue weighted by Crippen LogP contribution is 2.28. The third-order valence-corrected chi connectivity index (χ3v) is 2.59. The van der Waals surface area contributed by atoms with E-state index in [4.69, 9.17) is 4.74 Å². The van der Waals surface area contributed by atoms with Crippen molar-refractivity contribution in [2.75, 3.05) is 32.2 Å². The molecule has 0 radical (unpaired) electrons. The molecular formula is C12H16N2O4. The maximum atomic E-state index is 11.0. The summed E-state index contributed by atoms with van der Waals surface area (Å²) in [6, 6.07) is 4.45. The van der Waals surface area contributed by atoms with Crippen LogP contribution in [0.3, 0.4) is 0 Å². The third kappa shape index (κ3) is 3.53. The van der Waals surface area contributed by atoms with Gasteiger partial charge in [0.25, 0.3) is 5.69 Å². The van der Waals surface area contributed by atoms with Crippen LogP contribution in [0.5, 0.6) is 0 Å². The molecule has 0 atom stereocenters. The predicted molar refractivity (Wildman–Crippen MR) is 68.2 cm³/mol. The topological polar surface area (TPSA) is 72.7 Å². The van der Waals surface area contributed by atoms with Gasteiger partial charge in [0.15, 0.2) is 0 Å². The van der Waals surface area contributed by atoms with Crippen molar-refractivity contribution in [3.05, 3.63) is 33.9 Å². The van der Waals surface area contributed by atoms with Crippen LogP contribution >= 0.6 is 0 Å². The van der Waals surface area contributed by atoms with Crippen molar-refractivity contribution in [2.24, 2.45) is 0 Å². The molecular weight excluding hydrogens is 236 g/mol. The Morgan fingerprint density at radius 1 is 1.50 bits per heavy atom. The van der Waals surface area contributed by atoms with Crippen LogP contribution in [0.15, 0.2) is 18.2 Å². The van der Waals surface area contributed by atoms with E-state index in [0.29, 0.717) is 30.7 Å². The zero-order valence-corrected chi connectivity index (χ0v) is 10.5. The average Bonchev–Trinajstić information content (AvgIpc) is 2.38. The monoisotopic (exact) mass is 252 g/mol. The predicted octanol–water partition coefficient (Wildman–Crippen LogP) is 1.88. The maximum Gasteiger partial charge on any atom is 0.293 e. The van der Waals surface area contributed by atoms with Crippen molar-refractivity contribution in [1.82, 2.24) is 0 Å². The molecule has 0 spiro atoms. The van der Waals surface area contributed by atoms with E-state index in [2.05, 4.69) is 0 Å². The standard InChI is InChI=1S/C12H16N2O4/c1-13(6-3-7-18-2)11-5-4-10(9-15)8-12(11)14(16)17/h4-5,8-9H,3,6-7H2,1-2H3. The normalized spacial score (nSPS) is 10.1. The molecule has 1 aromatic carbocycles. The van der Waals surface area contributed by atoms with Gasteiger partial charge in [-0.2, -0.15) is 0 Å². The molecule has 0 fully saturated rings. The van der Waals surface area contributed by atoms with Gasteiger partial charge < -0.3 is 9.64 Å². The first-order chi connectivity index (χ1) is 8.60. The van der Waals surface area contributed by atoms with Gasteiger partial charge in [0, 0.05) is 38.9 Å². The van der Waals surface area contributed by atoms with E-state index in [1.807, 2.05) is 0 Å². The Hall–Kier alpha value is -1.95. The highest BCUT2D eigenvalue weighted by atomic mass is 16.6. The Bertz CT molecular complexity index is 434. The number of nitro groups is 1. The minimum Gasteiger partial charge on any atom is -0.385 e. The summed E-state index contributed by atoms with van der Waals surface area (Å²) in [6.07, 6.45) is 1.38. The van der Waals surface area contributed by atoms with Gasteiger partial charge in [0.2, 0.25) is 0 Å². The number of ether oxygens (including phenoxy) is 1. The second-order valence-corrected chi connectivity index (χ2v) is 3.89. The molecule has 0 heterocycles. The number of benzene rings is 1. The minimum absolute atomic E-state index is 0.0560. The Labute approximate surface area is 105 Å². The number of nitrogens with zero attached hydrogens (tertiary/aromatic N) is 2. The lowest BCUT2D eigenvalue weighted by atomic mass is 10.1. The van der Waals surface area contributed by atoms with Gasteiger partial charge in [0.1, 0.15) is 12.0 Å². The molecule has 0 N–H and O–H groups in total. The number of carbonyl (C=O) groups excluding carboxylic acids is 1. The molecule has 6 nitrogen and oxygen atoms in total. The smallest absolute Gasteiger partial charge is 0.293 e. The lowest BCUT2D eigenvalue weighted by molar-refractivity contribution is -0.384. The van der Waals surface area contributed by atoms with Crippen LogP contribution in [-0.2, 0) is 4.74 Å². The molecule has 0 saturated carbocycles. The van der Waals surface area contributed by atoms with Crippen LogP contribution in [-0.4, -0.2) is 38.5 Å². The van der Waals surface area contributed by atoms with Gasteiger partial charge in [-0.1, -0.05) is 0 Å². The molecule has 1 rings (SSSR count). The van der Waals surface area contributed by atoms with E-state index in [0.717, 1.165) is 6.42 Å². The Morgan fingerprint density at radius 3 is 2.78 bits per heavy atom. The summed E-state index contributed by atoms with van der Waals surface area (Å²) in [5, 5.41) is 11.0. The van der Waals surface area contributed by atoms with Crippen molar-refractivity contribution in [3.8, 4) is 0 Å². The van der Waals surface area contributed by atoms with Crippen LogP contribution in [0.1, 0.15) is 16.8 Å². The summed E-state index contributed by atoms with van der Waals surface area (Å²) in [5.41, 5.74) is 0.747. The highest BCUT2D eigenvalue weighted by Gasteiger charge is 2.17. The Kier molecular flexibility index (Phi) is 5.26. The number of methoxy groups -OCH3 is 1. The van der Waals surface area contributed by atoms with E-state index in [1.165, 1.54) is 6.07 Å². The molecule has 98 valence electrons. The van der Waals surface area contributed by atoms with Crippen molar-refractivity contribution in [1.29, 1.82) is 0 Å². The van der Waals surface area contributed by atoms with Crippen LogP contribution in [0.4, 0.5) is 11.4 Å². The third-order valence-electron chi connectivity index (χ3n) is 2.59. The fourth-order valence-corrected chi connectivity index (χ4v) is 1.65. The van der Waals surface area contributed by atoms with Crippen LogP contribution < -0.4 is 4.90 Å². The van der Waals surface area contributed by atoms with E-state index in [1.54, 1.807) is 31.2 Å². The first kappa shape index (κ1) is 14.1. The Morgan fingerprint density at radius 2 is 2.22 bits per heavy atom. The van der Waals surface area contributed by atoms with Crippen molar-refractivity contribution >= 4 is 17.7 Å². The van der Waals surface area contributed by atoms with E-state index >= 15 is 0 Å². The number of hydrogen-bond donors (Lipinski definition) is 0. The molecule has 0 unspecified atom stereocenters. The summed E-state index contributed by atoms with van der Waals surface area (Å²) in [6.45, 7) is 1.25. The van der Waals surface area contributed by atoms with Gasteiger partial charge in [0.05, 0.1) is 4.92 Å². The minimum atomic E-state index is -0.477. The number of rotatable bonds is 7. The molecule has 6 heteroatoms. The summed E-state index contributed by atoms with van der Waals surface area (Å²) in [5.74, 6) is 0. The lowest BCUT2D eigenvalue weighted by Crippen LogP contribution is -2.20. The first-order valence-corrected chi connectivity index (χ1v) is 5.54. The maximum absolute atomic E-state index is 11.0. The SMILES string of the molecule is COCCCN(C)c1ccc(C=O)cc1[N+](=O)[O-]. The zero-order chi connectivity index (χ0) is 13.5. The molecule has 0 amide bonds. The van der Waals surface area contributed by atoms with Crippen molar-refractivity contribution < 1.29 is 14.5 Å². The molecule has 0 saturated heterocycles. The molecule has 0 aliphatic rings. The largest absolute Gasteiger partial charge is 0.385 e.